The predicted octanol–water partition coefficient (Wildman–Crippen LogP) is 4.82. The number of aromatic nitrogens is 1. The van der Waals surface area contributed by atoms with Crippen LogP contribution in [0.2, 0.25) is 0 Å². The zero-order chi connectivity index (χ0) is 24.1. The Bertz CT molecular complexity index is 925. The van der Waals surface area contributed by atoms with Crippen molar-refractivity contribution in [3.63, 3.8) is 0 Å². The average molecular weight is 478 g/mol. The summed E-state index contributed by atoms with van der Waals surface area (Å²) in [6.45, 7) is 5.98. The fourth-order valence-corrected chi connectivity index (χ4v) is 5.52. The van der Waals surface area contributed by atoms with Crippen molar-refractivity contribution in [2.75, 3.05) is 14.2 Å². The van der Waals surface area contributed by atoms with E-state index < -0.39 is 18.2 Å². The fourth-order valence-electron chi connectivity index (χ4n) is 4.39. The summed E-state index contributed by atoms with van der Waals surface area (Å²) in [5.74, 6) is 0.563. The number of aliphatic carboxylic acids is 1. The predicted molar refractivity (Wildman–Crippen MR) is 128 cm³/mol. The molecule has 2 N–H and O–H groups in total. The number of hydrogen-bond donors (Lipinski definition) is 2. The Hall–Kier alpha value is -2.16. The number of aliphatic hydroxyl groups excluding tert-OH is 1. The monoisotopic (exact) mass is 477 g/mol. The van der Waals surface area contributed by atoms with E-state index in [4.69, 9.17) is 14.2 Å². The quantitative estimate of drug-likeness (QED) is 0.479. The molecule has 1 heterocycles. The lowest BCUT2D eigenvalue weighted by molar-refractivity contribution is -0.136. The maximum Gasteiger partial charge on any atom is 0.309 e. The minimum absolute atomic E-state index is 0.0990. The Morgan fingerprint density at radius 3 is 2.30 bits per heavy atom. The van der Waals surface area contributed by atoms with Crippen molar-refractivity contribution in [3.05, 3.63) is 38.8 Å². The summed E-state index contributed by atoms with van der Waals surface area (Å²) in [4.78, 5) is 16.9. The summed E-state index contributed by atoms with van der Waals surface area (Å²) in [5.41, 5.74) is 2.12. The third-order valence-electron chi connectivity index (χ3n) is 6.13. The van der Waals surface area contributed by atoms with Gasteiger partial charge in [-0.1, -0.05) is 26.7 Å². The second kappa shape index (κ2) is 11.3. The third kappa shape index (κ3) is 6.25. The van der Waals surface area contributed by atoms with Crippen molar-refractivity contribution >= 4 is 17.3 Å². The molecule has 0 aliphatic heterocycles. The first-order valence-electron chi connectivity index (χ1n) is 11.5. The van der Waals surface area contributed by atoms with Gasteiger partial charge < -0.3 is 24.4 Å². The lowest BCUT2D eigenvalue weighted by Gasteiger charge is -2.27. The maximum absolute atomic E-state index is 11.4. The van der Waals surface area contributed by atoms with Crippen LogP contribution in [0.4, 0.5) is 0 Å². The summed E-state index contributed by atoms with van der Waals surface area (Å²) in [6, 6.07) is 3.65. The van der Waals surface area contributed by atoms with Gasteiger partial charge >= 0.3 is 5.97 Å². The molecule has 0 bridgehead atoms. The molecule has 8 heteroatoms. The summed E-state index contributed by atoms with van der Waals surface area (Å²) < 4.78 is 17.4. The van der Waals surface area contributed by atoms with Crippen molar-refractivity contribution in [2.45, 2.75) is 83.5 Å². The number of rotatable bonds is 11. The topological polar surface area (TPSA) is 98.1 Å². The SMILES string of the molecule is COc1cc([C@@H](O)[C@H](Cc2nc(CC(=O)O)c(C(C)C)s2)OC2CCCC2)cc(OC)c1C. The Morgan fingerprint density at radius 2 is 1.79 bits per heavy atom. The van der Waals surface area contributed by atoms with Crippen LogP contribution < -0.4 is 9.47 Å². The smallest absolute Gasteiger partial charge is 0.309 e. The molecule has 33 heavy (non-hydrogen) atoms. The number of aliphatic hydroxyl groups is 1. The molecule has 1 aromatic carbocycles. The zero-order valence-electron chi connectivity index (χ0n) is 20.1. The van der Waals surface area contributed by atoms with Gasteiger partial charge in [0.2, 0.25) is 0 Å². The normalized spacial score (nSPS) is 16.2. The number of carbonyl (C=O) groups is 1. The minimum Gasteiger partial charge on any atom is -0.496 e. The first kappa shape index (κ1) is 25.5. The van der Waals surface area contributed by atoms with E-state index >= 15 is 0 Å². The van der Waals surface area contributed by atoms with Gasteiger partial charge in [-0.15, -0.1) is 11.3 Å². The molecule has 3 rings (SSSR count). The Labute approximate surface area is 199 Å². The first-order valence-corrected chi connectivity index (χ1v) is 12.3. The standard InChI is InChI=1S/C25H35NO6S/c1-14(2)25-18(12-23(27)28)26-22(33-25)13-21(32-17-8-6-7-9-17)24(29)16-10-19(30-4)15(3)20(11-16)31-5/h10-11,14,17,21,24,29H,6-9,12-13H2,1-5H3,(H,27,28)/t21-,24+/m0/s1. The van der Waals surface area contributed by atoms with Crippen LogP contribution in [0.15, 0.2) is 12.1 Å². The summed E-state index contributed by atoms with van der Waals surface area (Å²) in [7, 11) is 3.19. The molecule has 1 fully saturated rings. The molecule has 2 atom stereocenters. The van der Waals surface area contributed by atoms with Crippen molar-refractivity contribution in [1.29, 1.82) is 0 Å². The van der Waals surface area contributed by atoms with E-state index in [1.54, 1.807) is 14.2 Å². The first-order chi connectivity index (χ1) is 15.7. The van der Waals surface area contributed by atoms with E-state index in [-0.39, 0.29) is 18.4 Å². The molecule has 1 saturated carbocycles. The summed E-state index contributed by atoms with van der Waals surface area (Å²) in [5, 5.41) is 21.5. The Kier molecular flexibility index (Phi) is 8.73. The number of ether oxygens (including phenoxy) is 3. The Morgan fingerprint density at radius 1 is 1.18 bits per heavy atom. The van der Waals surface area contributed by atoms with Crippen molar-refractivity contribution < 1.29 is 29.2 Å². The lowest BCUT2D eigenvalue weighted by Crippen LogP contribution is -2.29. The van der Waals surface area contributed by atoms with Crippen LogP contribution in [0, 0.1) is 6.92 Å². The van der Waals surface area contributed by atoms with Crippen molar-refractivity contribution in [2.24, 2.45) is 0 Å². The molecule has 0 saturated heterocycles. The van der Waals surface area contributed by atoms with Crippen LogP contribution in [0.5, 0.6) is 11.5 Å². The van der Waals surface area contributed by atoms with Crippen LogP contribution in [0.1, 0.15) is 78.3 Å². The van der Waals surface area contributed by atoms with Gasteiger partial charge in [0.1, 0.15) is 17.6 Å². The summed E-state index contributed by atoms with van der Waals surface area (Å²) >= 11 is 1.51. The van der Waals surface area contributed by atoms with Crippen LogP contribution in [-0.4, -0.2) is 47.6 Å². The molecular formula is C25H35NO6S. The summed E-state index contributed by atoms with van der Waals surface area (Å²) in [6.07, 6.45) is 3.16. The number of thiazole rings is 1. The van der Waals surface area contributed by atoms with Crippen LogP contribution in [-0.2, 0) is 22.4 Å². The third-order valence-corrected chi connectivity index (χ3v) is 7.55. The number of nitrogens with zero attached hydrogens (tertiary/aromatic N) is 1. The average Bonchev–Trinajstić information content (AvgIpc) is 3.42. The molecule has 0 spiro atoms. The number of hydrogen-bond acceptors (Lipinski definition) is 7. The van der Waals surface area contributed by atoms with E-state index in [2.05, 4.69) is 4.98 Å². The molecule has 2 aromatic rings. The van der Waals surface area contributed by atoms with Gasteiger partial charge in [0.25, 0.3) is 0 Å². The highest BCUT2D eigenvalue weighted by Gasteiger charge is 2.30. The number of carboxylic acids is 1. The van der Waals surface area contributed by atoms with Crippen molar-refractivity contribution in [1.82, 2.24) is 4.98 Å². The van der Waals surface area contributed by atoms with Gasteiger partial charge in [-0.05, 0) is 43.4 Å². The van der Waals surface area contributed by atoms with Crippen molar-refractivity contribution in [3.8, 4) is 11.5 Å². The largest absolute Gasteiger partial charge is 0.496 e. The molecule has 0 unspecified atom stereocenters. The minimum atomic E-state index is -0.914. The second-order valence-electron chi connectivity index (χ2n) is 8.92. The molecule has 1 aliphatic carbocycles. The maximum atomic E-state index is 11.4. The second-order valence-corrected chi connectivity index (χ2v) is 10.0. The highest BCUT2D eigenvalue weighted by atomic mass is 32.1. The molecule has 0 amide bonds. The number of methoxy groups -OCH3 is 2. The molecule has 7 nitrogen and oxygen atoms in total. The highest BCUT2D eigenvalue weighted by Crippen LogP contribution is 2.36. The van der Waals surface area contributed by atoms with Crippen LogP contribution in [0.25, 0.3) is 0 Å². The lowest BCUT2D eigenvalue weighted by atomic mass is 9.99. The van der Waals surface area contributed by atoms with Gasteiger partial charge in [0.05, 0.1) is 43.5 Å². The van der Waals surface area contributed by atoms with Gasteiger partial charge in [-0.25, -0.2) is 4.98 Å². The fraction of sp³-hybridized carbons (Fsp3) is 0.600. The zero-order valence-corrected chi connectivity index (χ0v) is 20.9. The van der Waals surface area contributed by atoms with Gasteiger partial charge in [0, 0.05) is 16.9 Å². The van der Waals surface area contributed by atoms with E-state index in [0.29, 0.717) is 29.2 Å². The van der Waals surface area contributed by atoms with E-state index in [9.17, 15) is 15.0 Å². The van der Waals surface area contributed by atoms with E-state index in [0.717, 1.165) is 41.1 Å². The van der Waals surface area contributed by atoms with E-state index in [1.807, 2.05) is 32.9 Å². The molecule has 1 aromatic heterocycles. The molecule has 1 aliphatic rings. The van der Waals surface area contributed by atoms with Crippen LogP contribution in [0.3, 0.4) is 0 Å². The Balaban J connectivity index is 1.93. The molecular weight excluding hydrogens is 442 g/mol. The highest BCUT2D eigenvalue weighted by molar-refractivity contribution is 7.11. The van der Waals surface area contributed by atoms with Crippen LogP contribution >= 0.6 is 11.3 Å². The van der Waals surface area contributed by atoms with Gasteiger partial charge in [-0.2, -0.15) is 0 Å². The number of carboxylic acid groups (broad SMARTS) is 1. The van der Waals surface area contributed by atoms with Gasteiger partial charge in [-0.3, -0.25) is 4.79 Å². The molecule has 0 radical (unpaired) electrons. The number of benzene rings is 1. The van der Waals surface area contributed by atoms with E-state index in [1.165, 1.54) is 11.3 Å². The molecule has 182 valence electrons. The van der Waals surface area contributed by atoms with Gasteiger partial charge in [0.15, 0.2) is 0 Å².